The summed E-state index contributed by atoms with van der Waals surface area (Å²) in [4.78, 5) is 11.1. The lowest BCUT2D eigenvalue weighted by Gasteiger charge is -2.11. The molecule has 0 saturated carbocycles. The van der Waals surface area contributed by atoms with Gasteiger partial charge in [-0.05, 0) is 29.8 Å². The van der Waals surface area contributed by atoms with Gasteiger partial charge in [-0.1, -0.05) is 17.7 Å². The summed E-state index contributed by atoms with van der Waals surface area (Å²) in [5.41, 5.74) is 1.54. The standard InChI is InChI=1S/C15H13ClO4/c1-19-10-4-5-11(14(8-10)20-2)9-3-6-13(16)12(7-9)15(17)18/h3-8H,1-2H3,(H,17,18). The van der Waals surface area contributed by atoms with Crippen LogP contribution in [0.1, 0.15) is 10.4 Å². The zero-order valence-corrected chi connectivity index (χ0v) is 11.8. The molecule has 0 heterocycles. The molecule has 0 aliphatic rings. The van der Waals surface area contributed by atoms with Gasteiger partial charge in [0, 0.05) is 11.6 Å². The third-order valence-electron chi connectivity index (χ3n) is 2.92. The zero-order chi connectivity index (χ0) is 14.7. The Labute approximate surface area is 121 Å². The molecule has 2 aromatic carbocycles. The molecule has 104 valence electrons. The summed E-state index contributed by atoms with van der Waals surface area (Å²) in [5, 5.41) is 9.31. The Hall–Kier alpha value is -2.20. The molecule has 0 aromatic heterocycles. The minimum Gasteiger partial charge on any atom is -0.497 e. The highest BCUT2D eigenvalue weighted by atomic mass is 35.5. The van der Waals surface area contributed by atoms with Crippen LogP contribution in [0.15, 0.2) is 36.4 Å². The number of halogens is 1. The topological polar surface area (TPSA) is 55.8 Å². The van der Waals surface area contributed by atoms with Crippen molar-refractivity contribution in [3.05, 3.63) is 47.0 Å². The van der Waals surface area contributed by atoms with E-state index in [1.54, 1.807) is 38.5 Å². The minimum atomic E-state index is -1.07. The summed E-state index contributed by atoms with van der Waals surface area (Å²) in [6.45, 7) is 0. The van der Waals surface area contributed by atoms with E-state index in [0.29, 0.717) is 17.1 Å². The molecule has 4 nitrogen and oxygen atoms in total. The van der Waals surface area contributed by atoms with Gasteiger partial charge in [0.1, 0.15) is 11.5 Å². The quantitative estimate of drug-likeness (QED) is 0.933. The van der Waals surface area contributed by atoms with E-state index in [0.717, 1.165) is 5.56 Å². The van der Waals surface area contributed by atoms with Crippen LogP contribution in [0.2, 0.25) is 5.02 Å². The summed E-state index contributed by atoms with van der Waals surface area (Å²) < 4.78 is 10.4. The van der Waals surface area contributed by atoms with E-state index in [2.05, 4.69) is 0 Å². The van der Waals surface area contributed by atoms with Gasteiger partial charge in [0.25, 0.3) is 0 Å². The molecule has 0 radical (unpaired) electrons. The monoisotopic (exact) mass is 292 g/mol. The number of methoxy groups -OCH3 is 2. The number of carbonyl (C=O) groups is 1. The van der Waals surface area contributed by atoms with E-state index >= 15 is 0 Å². The number of rotatable bonds is 4. The van der Waals surface area contributed by atoms with Gasteiger partial charge >= 0.3 is 5.97 Å². The predicted molar refractivity (Wildman–Crippen MR) is 77.0 cm³/mol. The molecular weight excluding hydrogens is 280 g/mol. The second kappa shape index (κ2) is 5.84. The maximum Gasteiger partial charge on any atom is 0.337 e. The van der Waals surface area contributed by atoms with Crippen molar-refractivity contribution in [1.82, 2.24) is 0 Å². The molecule has 2 rings (SSSR count). The number of carboxylic acids is 1. The van der Waals surface area contributed by atoms with Crippen molar-refractivity contribution >= 4 is 17.6 Å². The number of carboxylic acid groups (broad SMARTS) is 1. The smallest absolute Gasteiger partial charge is 0.337 e. The molecular formula is C15H13ClO4. The normalized spacial score (nSPS) is 10.2. The van der Waals surface area contributed by atoms with Gasteiger partial charge in [-0.2, -0.15) is 0 Å². The molecule has 0 spiro atoms. The fraction of sp³-hybridized carbons (Fsp3) is 0.133. The largest absolute Gasteiger partial charge is 0.497 e. The number of hydrogen-bond donors (Lipinski definition) is 1. The Kier molecular flexibility index (Phi) is 4.15. The number of hydrogen-bond acceptors (Lipinski definition) is 3. The fourth-order valence-corrected chi connectivity index (χ4v) is 2.09. The Morgan fingerprint density at radius 3 is 2.45 bits per heavy atom. The number of benzene rings is 2. The highest BCUT2D eigenvalue weighted by molar-refractivity contribution is 6.33. The van der Waals surface area contributed by atoms with Crippen LogP contribution in [0.25, 0.3) is 11.1 Å². The predicted octanol–water partition coefficient (Wildman–Crippen LogP) is 3.72. The highest BCUT2D eigenvalue weighted by Crippen LogP contribution is 2.34. The molecule has 0 bridgehead atoms. The average Bonchev–Trinajstić information content (AvgIpc) is 2.46. The van der Waals surface area contributed by atoms with Crippen LogP contribution < -0.4 is 9.47 Å². The summed E-state index contributed by atoms with van der Waals surface area (Å²) in [6, 6.07) is 10.2. The van der Waals surface area contributed by atoms with Crippen LogP contribution in [0.4, 0.5) is 0 Å². The molecule has 0 atom stereocenters. The minimum absolute atomic E-state index is 0.0574. The zero-order valence-electron chi connectivity index (χ0n) is 11.0. The lowest BCUT2D eigenvalue weighted by Crippen LogP contribution is -1.98. The molecule has 0 aliphatic carbocycles. The first kappa shape index (κ1) is 14.2. The van der Waals surface area contributed by atoms with Gasteiger partial charge in [-0.3, -0.25) is 0 Å². The molecule has 0 aliphatic heterocycles. The van der Waals surface area contributed by atoms with Crippen LogP contribution in [0, 0.1) is 0 Å². The molecule has 0 fully saturated rings. The molecule has 5 heteroatoms. The molecule has 0 saturated heterocycles. The van der Waals surface area contributed by atoms with E-state index in [9.17, 15) is 4.79 Å². The molecule has 2 aromatic rings. The first-order valence-corrected chi connectivity index (χ1v) is 6.20. The van der Waals surface area contributed by atoms with Crippen molar-refractivity contribution in [3.63, 3.8) is 0 Å². The Morgan fingerprint density at radius 1 is 1.10 bits per heavy atom. The first-order chi connectivity index (χ1) is 9.56. The maximum atomic E-state index is 11.1. The van der Waals surface area contributed by atoms with Crippen molar-refractivity contribution in [1.29, 1.82) is 0 Å². The van der Waals surface area contributed by atoms with E-state index < -0.39 is 5.97 Å². The van der Waals surface area contributed by atoms with Crippen molar-refractivity contribution < 1.29 is 19.4 Å². The Bertz CT molecular complexity index is 652. The van der Waals surface area contributed by atoms with E-state index in [-0.39, 0.29) is 10.6 Å². The summed E-state index contributed by atoms with van der Waals surface area (Å²) in [7, 11) is 3.12. The number of ether oxygens (including phenoxy) is 2. The van der Waals surface area contributed by atoms with Gasteiger partial charge in [0.05, 0.1) is 24.8 Å². The SMILES string of the molecule is COc1ccc(-c2ccc(Cl)c(C(=O)O)c2)c(OC)c1. The Balaban J connectivity index is 2.56. The lowest BCUT2D eigenvalue weighted by molar-refractivity contribution is 0.0697. The van der Waals surface area contributed by atoms with Gasteiger partial charge in [-0.25, -0.2) is 4.79 Å². The second-order valence-corrected chi connectivity index (χ2v) is 4.47. The van der Waals surface area contributed by atoms with Gasteiger partial charge in [0.2, 0.25) is 0 Å². The first-order valence-electron chi connectivity index (χ1n) is 5.82. The molecule has 1 N–H and O–H groups in total. The maximum absolute atomic E-state index is 11.1. The second-order valence-electron chi connectivity index (χ2n) is 4.07. The van der Waals surface area contributed by atoms with Crippen molar-refractivity contribution in [2.45, 2.75) is 0 Å². The summed E-state index contributed by atoms with van der Waals surface area (Å²) in [5.74, 6) is 0.199. The lowest BCUT2D eigenvalue weighted by atomic mass is 10.0. The summed E-state index contributed by atoms with van der Waals surface area (Å²) in [6.07, 6.45) is 0. The highest BCUT2D eigenvalue weighted by Gasteiger charge is 2.13. The van der Waals surface area contributed by atoms with Crippen molar-refractivity contribution in [3.8, 4) is 22.6 Å². The van der Waals surface area contributed by atoms with Crippen LogP contribution in [0.5, 0.6) is 11.5 Å². The van der Waals surface area contributed by atoms with Crippen LogP contribution in [0.3, 0.4) is 0 Å². The average molecular weight is 293 g/mol. The summed E-state index contributed by atoms with van der Waals surface area (Å²) >= 11 is 5.87. The van der Waals surface area contributed by atoms with Gasteiger partial charge in [-0.15, -0.1) is 0 Å². The van der Waals surface area contributed by atoms with Crippen molar-refractivity contribution in [2.75, 3.05) is 14.2 Å². The van der Waals surface area contributed by atoms with Crippen molar-refractivity contribution in [2.24, 2.45) is 0 Å². The van der Waals surface area contributed by atoms with Crippen LogP contribution in [-0.4, -0.2) is 25.3 Å². The number of aromatic carboxylic acids is 1. The Morgan fingerprint density at radius 2 is 1.85 bits per heavy atom. The third-order valence-corrected chi connectivity index (χ3v) is 3.25. The fourth-order valence-electron chi connectivity index (χ4n) is 1.89. The van der Waals surface area contributed by atoms with Gasteiger partial charge in [0.15, 0.2) is 0 Å². The molecule has 0 amide bonds. The van der Waals surface area contributed by atoms with Crippen LogP contribution in [-0.2, 0) is 0 Å². The third kappa shape index (κ3) is 2.70. The molecule has 20 heavy (non-hydrogen) atoms. The van der Waals surface area contributed by atoms with E-state index in [4.69, 9.17) is 26.2 Å². The van der Waals surface area contributed by atoms with Gasteiger partial charge < -0.3 is 14.6 Å². The van der Waals surface area contributed by atoms with E-state index in [1.807, 2.05) is 6.07 Å². The van der Waals surface area contributed by atoms with E-state index in [1.165, 1.54) is 6.07 Å². The van der Waals surface area contributed by atoms with Crippen LogP contribution >= 0.6 is 11.6 Å². The molecule has 0 unspecified atom stereocenters.